The molecule has 0 spiro atoms. The van der Waals surface area contributed by atoms with Crippen molar-refractivity contribution < 1.29 is 0 Å². The van der Waals surface area contributed by atoms with Crippen molar-refractivity contribution in [3.8, 4) is 0 Å². The Kier molecular flexibility index (Phi) is 8.52. The number of allylic oxidation sites excluding steroid dienone is 2. The fourth-order valence-corrected chi connectivity index (χ4v) is 4.25. The maximum atomic E-state index is 6.59. The van der Waals surface area contributed by atoms with Gasteiger partial charge in [0.25, 0.3) is 0 Å². The van der Waals surface area contributed by atoms with E-state index in [1.807, 2.05) is 31.3 Å². The molecule has 32 heavy (non-hydrogen) atoms. The molecule has 0 bridgehead atoms. The van der Waals surface area contributed by atoms with E-state index in [9.17, 15) is 0 Å². The van der Waals surface area contributed by atoms with Crippen molar-refractivity contribution in [2.45, 2.75) is 46.5 Å². The number of fused-ring (bicyclic) bond motifs is 1. The first kappa shape index (κ1) is 24.1. The van der Waals surface area contributed by atoms with Crippen LogP contribution in [-0.2, 0) is 0 Å². The molecule has 5 heteroatoms. The third-order valence-corrected chi connectivity index (χ3v) is 6.28. The largest absolute Gasteiger partial charge is 0.372 e. The average molecular weight is 451 g/mol. The van der Waals surface area contributed by atoms with Crippen LogP contribution in [0.2, 0.25) is 5.02 Å². The van der Waals surface area contributed by atoms with E-state index in [0.717, 1.165) is 72.6 Å². The van der Waals surface area contributed by atoms with E-state index in [1.54, 1.807) is 0 Å². The number of pyridine rings is 1. The number of unbranched alkanes of at least 4 members (excludes halogenated alkanes) is 1. The Morgan fingerprint density at radius 2 is 1.84 bits per heavy atom. The smallest absolute Gasteiger partial charge is 0.0905 e. The minimum atomic E-state index is 0.687. The Morgan fingerprint density at radius 1 is 1.12 bits per heavy atom. The fraction of sp³-hybridized carbons (Fsp3) is 0.407. The molecule has 1 aromatic carbocycles. The molecule has 4 nitrogen and oxygen atoms in total. The Hall–Kier alpha value is -2.59. The second-order valence-electron chi connectivity index (χ2n) is 8.21. The van der Waals surface area contributed by atoms with Crippen molar-refractivity contribution >= 4 is 40.1 Å². The summed E-state index contributed by atoms with van der Waals surface area (Å²) in [7, 11) is 0. The molecule has 0 aliphatic carbocycles. The van der Waals surface area contributed by atoms with Crippen LogP contribution < -0.4 is 0 Å². The number of rotatable bonds is 9. The summed E-state index contributed by atoms with van der Waals surface area (Å²) < 4.78 is 0. The molecule has 2 aromatic rings. The van der Waals surface area contributed by atoms with Crippen molar-refractivity contribution in [3.05, 3.63) is 65.5 Å². The Labute approximate surface area is 198 Å². The van der Waals surface area contributed by atoms with Crippen LogP contribution >= 0.6 is 11.6 Å². The lowest BCUT2D eigenvalue weighted by Gasteiger charge is -2.39. The van der Waals surface area contributed by atoms with Gasteiger partial charge in [0.2, 0.25) is 0 Å². The first-order chi connectivity index (χ1) is 15.5. The van der Waals surface area contributed by atoms with Crippen molar-refractivity contribution in [1.82, 2.24) is 14.8 Å². The summed E-state index contributed by atoms with van der Waals surface area (Å²) in [6, 6.07) is 8.13. The summed E-state index contributed by atoms with van der Waals surface area (Å²) in [4.78, 5) is 14.2. The summed E-state index contributed by atoms with van der Waals surface area (Å²) in [5.41, 5.74) is 5.86. The second-order valence-corrected chi connectivity index (χ2v) is 8.61. The number of aromatic nitrogens is 1. The fourth-order valence-electron chi connectivity index (χ4n) is 3.99. The van der Waals surface area contributed by atoms with Gasteiger partial charge >= 0.3 is 0 Å². The number of piperazine rings is 1. The van der Waals surface area contributed by atoms with Gasteiger partial charge in [0.05, 0.1) is 21.9 Å². The monoisotopic (exact) mass is 450 g/mol. The van der Waals surface area contributed by atoms with E-state index in [0.29, 0.717) is 5.02 Å². The molecule has 0 atom stereocenters. The van der Waals surface area contributed by atoms with Crippen LogP contribution in [0.3, 0.4) is 0 Å². The number of halogens is 1. The van der Waals surface area contributed by atoms with Crippen LogP contribution in [0.25, 0.3) is 22.3 Å². The van der Waals surface area contributed by atoms with Gasteiger partial charge in [-0.15, -0.1) is 0 Å². The zero-order valence-corrected chi connectivity index (χ0v) is 20.5. The summed E-state index contributed by atoms with van der Waals surface area (Å²) >= 11 is 6.59. The molecule has 0 N–H and O–H groups in total. The summed E-state index contributed by atoms with van der Waals surface area (Å²) in [5, 5.41) is 1.63. The Bertz CT molecular complexity index is 1030. The maximum absolute atomic E-state index is 6.59. The highest BCUT2D eigenvalue weighted by Gasteiger charge is 2.20. The number of benzene rings is 1. The normalized spacial score (nSPS) is 15.1. The number of hydrogen-bond donors (Lipinski definition) is 0. The molecule has 0 amide bonds. The number of hydrogen-bond acceptors (Lipinski definition) is 4. The summed E-state index contributed by atoms with van der Waals surface area (Å²) in [6.07, 6.45) is 8.24. The minimum absolute atomic E-state index is 0.687. The SMILES string of the molecule is C=C(CCCC)N1CCN(C(=C)c2ccc3c(Cl)cc(C(=C/C)/N=C\CC)nc3c2)CC1. The summed E-state index contributed by atoms with van der Waals surface area (Å²) in [5.74, 6) is 0. The lowest BCUT2D eigenvalue weighted by Crippen LogP contribution is -2.44. The highest BCUT2D eigenvalue weighted by atomic mass is 35.5. The molecule has 1 aromatic heterocycles. The molecule has 1 saturated heterocycles. The molecular weight excluding hydrogens is 416 g/mol. The standard InChI is InChI=1S/C27H35ClN4/c1-6-9-10-20(4)31-14-16-32(17-15-31)21(5)22-11-12-23-24(28)19-27(30-26(23)18-22)25(8-3)29-13-7-2/h8,11-13,18-19H,4-7,9-10,14-17H2,1-3H3/b25-8-,29-13-. The van der Waals surface area contributed by atoms with Gasteiger partial charge in [-0.05, 0) is 43.9 Å². The van der Waals surface area contributed by atoms with Gasteiger partial charge in [-0.3, -0.25) is 4.99 Å². The van der Waals surface area contributed by atoms with Gasteiger partial charge in [-0.25, -0.2) is 4.98 Å². The van der Waals surface area contributed by atoms with Gasteiger partial charge in [0.15, 0.2) is 0 Å². The van der Waals surface area contributed by atoms with Crippen molar-refractivity contribution in [1.29, 1.82) is 0 Å². The van der Waals surface area contributed by atoms with E-state index in [1.165, 1.54) is 18.5 Å². The lowest BCUT2D eigenvalue weighted by atomic mass is 10.1. The van der Waals surface area contributed by atoms with E-state index in [-0.39, 0.29) is 0 Å². The number of nitrogens with zero attached hydrogens (tertiary/aromatic N) is 4. The van der Waals surface area contributed by atoms with Crippen LogP contribution in [-0.4, -0.2) is 47.2 Å². The minimum Gasteiger partial charge on any atom is -0.372 e. The molecule has 3 rings (SSSR count). The molecule has 2 heterocycles. The molecule has 1 aliphatic rings. The van der Waals surface area contributed by atoms with E-state index in [2.05, 4.69) is 53.9 Å². The van der Waals surface area contributed by atoms with Gasteiger partial charge in [-0.1, -0.05) is 63.2 Å². The highest BCUT2D eigenvalue weighted by molar-refractivity contribution is 6.35. The van der Waals surface area contributed by atoms with Crippen LogP contribution in [0.1, 0.15) is 57.7 Å². The molecule has 170 valence electrons. The average Bonchev–Trinajstić information content (AvgIpc) is 2.82. The third-order valence-electron chi connectivity index (χ3n) is 5.97. The van der Waals surface area contributed by atoms with Gasteiger partial charge < -0.3 is 9.80 Å². The molecule has 1 fully saturated rings. The zero-order valence-electron chi connectivity index (χ0n) is 19.7. The van der Waals surface area contributed by atoms with Gasteiger partial charge in [0.1, 0.15) is 0 Å². The van der Waals surface area contributed by atoms with Crippen LogP contribution in [0.5, 0.6) is 0 Å². The van der Waals surface area contributed by atoms with Crippen LogP contribution in [0.15, 0.2) is 54.2 Å². The van der Waals surface area contributed by atoms with Crippen LogP contribution in [0.4, 0.5) is 0 Å². The van der Waals surface area contributed by atoms with Crippen molar-refractivity contribution in [2.24, 2.45) is 4.99 Å². The molecule has 0 radical (unpaired) electrons. The molecule has 0 unspecified atom stereocenters. The van der Waals surface area contributed by atoms with Gasteiger partial charge in [-0.2, -0.15) is 0 Å². The highest BCUT2D eigenvalue weighted by Crippen LogP contribution is 2.30. The Balaban J connectivity index is 1.78. The first-order valence-corrected chi connectivity index (χ1v) is 12.0. The van der Waals surface area contributed by atoms with Crippen LogP contribution in [0, 0.1) is 0 Å². The van der Waals surface area contributed by atoms with Crippen molar-refractivity contribution in [3.63, 3.8) is 0 Å². The number of aliphatic imine (C=N–C) groups is 1. The second kappa shape index (κ2) is 11.3. The predicted octanol–water partition coefficient (Wildman–Crippen LogP) is 7.02. The lowest BCUT2D eigenvalue weighted by molar-refractivity contribution is 0.209. The topological polar surface area (TPSA) is 31.7 Å². The van der Waals surface area contributed by atoms with Crippen molar-refractivity contribution in [2.75, 3.05) is 26.2 Å². The van der Waals surface area contributed by atoms with Gasteiger partial charge in [0, 0.05) is 49.2 Å². The first-order valence-electron chi connectivity index (χ1n) is 11.6. The Morgan fingerprint density at radius 3 is 2.50 bits per heavy atom. The molecular formula is C27H35ClN4. The quantitative estimate of drug-likeness (QED) is 0.384. The molecule has 1 aliphatic heterocycles. The zero-order chi connectivity index (χ0) is 23.1. The summed E-state index contributed by atoms with van der Waals surface area (Å²) in [6.45, 7) is 18.8. The van der Waals surface area contributed by atoms with E-state index < -0.39 is 0 Å². The van der Waals surface area contributed by atoms with E-state index in [4.69, 9.17) is 16.6 Å². The van der Waals surface area contributed by atoms with E-state index >= 15 is 0 Å². The third kappa shape index (κ3) is 5.60. The molecule has 0 saturated carbocycles. The maximum Gasteiger partial charge on any atom is 0.0905 e. The predicted molar refractivity (Wildman–Crippen MR) is 140 cm³/mol.